The molecule has 0 fully saturated rings. The molecule has 0 aliphatic carbocycles. The van der Waals surface area contributed by atoms with E-state index in [0.717, 1.165) is 12.1 Å². The van der Waals surface area contributed by atoms with Crippen LogP contribution in [0.1, 0.15) is 27.3 Å². The maximum absolute atomic E-state index is 12.7. The highest BCUT2D eigenvalue weighted by Gasteiger charge is 2.30. The highest BCUT2D eigenvalue weighted by Crippen LogP contribution is 2.31. The Bertz CT molecular complexity index is 706. The standard InChI is InChI=1S/C15H12ClF3N2O/c1-8-6-12(16)13(9(2)20-8)14(22)21-11-5-3-4-10(7-11)15(17,18)19/h3-7H,1-2H3,(H,21,22). The lowest BCUT2D eigenvalue weighted by Crippen LogP contribution is -2.16. The molecular weight excluding hydrogens is 317 g/mol. The highest BCUT2D eigenvalue weighted by molar-refractivity contribution is 6.34. The van der Waals surface area contributed by atoms with E-state index in [1.54, 1.807) is 13.8 Å². The maximum Gasteiger partial charge on any atom is 0.416 e. The van der Waals surface area contributed by atoms with Crippen LogP contribution in [-0.4, -0.2) is 10.9 Å². The summed E-state index contributed by atoms with van der Waals surface area (Å²) < 4.78 is 38.0. The quantitative estimate of drug-likeness (QED) is 0.873. The van der Waals surface area contributed by atoms with E-state index in [1.165, 1.54) is 18.2 Å². The van der Waals surface area contributed by atoms with Crippen molar-refractivity contribution in [3.05, 3.63) is 57.9 Å². The van der Waals surface area contributed by atoms with Crippen molar-refractivity contribution in [3.63, 3.8) is 0 Å². The lowest BCUT2D eigenvalue weighted by Gasteiger charge is -2.12. The fourth-order valence-corrected chi connectivity index (χ4v) is 2.40. The molecule has 0 spiro atoms. The molecule has 2 rings (SSSR count). The van der Waals surface area contributed by atoms with E-state index in [-0.39, 0.29) is 16.3 Å². The molecule has 1 aromatic carbocycles. The van der Waals surface area contributed by atoms with Crippen LogP contribution in [-0.2, 0) is 6.18 Å². The zero-order chi connectivity index (χ0) is 16.5. The van der Waals surface area contributed by atoms with Crippen LogP contribution in [0.5, 0.6) is 0 Å². The Balaban J connectivity index is 2.30. The fraction of sp³-hybridized carbons (Fsp3) is 0.200. The molecular formula is C15H12ClF3N2O. The van der Waals surface area contributed by atoms with E-state index in [1.807, 2.05) is 0 Å². The van der Waals surface area contributed by atoms with Crippen LogP contribution in [0.3, 0.4) is 0 Å². The third kappa shape index (κ3) is 3.57. The molecule has 2 aromatic rings. The van der Waals surface area contributed by atoms with Crippen molar-refractivity contribution < 1.29 is 18.0 Å². The van der Waals surface area contributed by atoms with Gasteiger partial charge in [-0.05, 0) is 38.1 Å². The van der Waals surface area contributed by atoms with Gasteiger partial charge in [-0.2, -0.15) is 13.2 Å². The predicted octanol–water partition coefficient (Wildman–Crippen LogP) is 4.62. The van der Waals surface area contributed by atoms with Gasteiger partial charge in [0.25, 0.3) is 5.91 Å². The summed E-state index contributed by atoms with van der Waals surface area (Å²) in [5, 5.41) is 2.61. The van der Waals surface area contributed by atoms with Gasteiger partial charge >= 0.3 is 6.18 Å². The Morgan fingerprint density at radius 1 is 1.23 bits per heavy atom. The maximum atomic E-state index is 12.7. The van der Waals surface area contributed by atoms with Crippen LogP contribution < -0.4 is 5.32 Å². The number of alkyl halides is 3. The van der Waals surface area contributed by atoms with Crippen LogP contribution in [0.25, 0.3) is 0 Å². The van der Waals surface area contributed by atoms with E-state index in [4.69, 9.17) is 11.6 Å². The van der Waals surface area contributed by atoms with Gasteiger partial charge in [-0.1, -0.05) is 17.7 Å². The smallest absolute Gasteiger partial charge is 0.322 e. The molecule has 0 saturated heterocycles. The summed E-state index contributed by atoms with van der Waals surface area (Å²) in [6.45, 7) is 3.34. The number of aromatic nitrogens is 1. The number of pyridine rings is 1. The normalized spacial score (nSPS) is 11.4. The third-order valence-corrected chi connectivity index (χ3v) is 3.25. The first-order valence-electron chi connectivity index (χ1n) is 6.31. The van der Waals surface area contributed by atoms with Crippen molar-refractivity contribution in [2.75, 3.05) is 5.32 Å². The van der Waals surface area contributed by atoms with Crippen molar-refractivity contribution in [1.82, 2.24) is 4.98 Å². The number of hydrogen-bond donors (Lipinski definition) is 1. The summed E-state index contributed by atoms with van der Waals surface area (Å²) in [4.78, 5) is 16.3. The number of halogens is 4. The summed E-state index contributed by atoms with van der Waals surface area (Å²) in [6.07, 6.45) is -4.47. The molecule has 1 N–H and O–H groups in total. The number of rotatable bonds is 2. The van der Waals surface area contributed by atoms with Gasteiger partial charge in [0.05, 0.1) is 21.8 Å². The Labute approximate surface area is 130 Å². The second-order valence-electron chi connectivity index (χ2n) is 4.74. The Morgan fingerprint density at radius 2 is 1.91 bits per heavy atom. The Morgan fingerprint density at radius 3 is 2.50 bits per heavy atom. The van der Waals surface area contributed by atoms with Gasteiger partial charge < -0.3 is 5.32 Å². The summed E-state index contributed by atoms with van der Waals surface area (Å²) >= 11 is 6.02. The number of carbonyl (C=O) groups is 1. The van der Waals surface area contributed by atoms with Crippen LogP contribution in [0.4, 0.5) is 18.9 Å². The number of benzene rings is 1. The van der Waals surface area contributed by atoms with Gasteiger partial charge in [0.2, 0.25) is 0 Å². The topological polar surface area (TPSA) is 42.0 Å². The molecule has 1 aromatic heterocycles. The van der Waals surface area contributed by atoms with Crippen molar-refractivity contribution in [2.45, 2.75) is 20.0 Å². The van der Waals surface area contributed by atoms with Crippen molar-refractivity contribution >= 4 is 23.2 Å². The second kappa shape index (κ2) is 5.96. The van der Waals surface area contributed by atoms with Gasteiger partial charge in [-0.3, -0.25) is 9.78 Å². The summed E-state index contributed by atoms with van der Waals surface area (Å²) in [7, 11) is 0. The molecule has 0 aliphatic heterocycles. The zero-order valence-corrected chi connectivity index (χ0v) is 12.5. The third-order valence-electron chi connectivity index (χ3n) is 2.96. The number of nitrogens with one attached hydrogen (secondary N) is 1. The molecule has 0 saturated carbocycles. The van der Waals surface area contributed by atoms with E-state index >= 15 is 0 Å². The molecule has 0 unspecified atom stereocenters. The Kier molecular flexibility index (Phi) is 4.42. The molecule has 1 heterocycles. The van der Waals surface area contributed by atoms with Gasteiger partial charge in [0, 0.05) is 11.4 Å². The average Bonchev–Trinajstić information content (AvgIpc) is 2.36. The van der Waals surface area contributed by atoms with Crippen LogP contribution in [0.2, 0.25) is 5.02 Å². The van der Waals surface area contributed by atoms with E-state index < -0.39 is 17.6 Å². The largest absolute Gasteiger partial charge is 0.416 e. The lowest BCUT2D eigenvalue weighted by atomic mass is 10.1. The molecule has 3 nitrogen and oxygen atoms in total. The molecule has 0 radical (unpaired) electrons. The van der Waals surface area contributed by atoms with Gasteiger partial charge in [0.15, 0.2) is 0 Å². The number of hydrogen-bond acceptors (Lipinski definition) is 2. The van der Waals surface area contributed by atoms with Crippen LogP contribution in [0, 0.1) is 13.8 Å². The van der Waals surface area contributed by atoms with Gasteiger partial charge in [-0.15, -0.1) is 0 Å². The minimum Gasteiger partial charge on any atom is -0.322 e. The monoisotopic (exact) mass is 328 g/mol. The number of nitrogens with zero attached hydrogens (tertiary/aromatic N) is 1. The molecule has 0 aliphatic rings. The highest BCUT2D eigenvalue weighted by atomic mass is 35.5. The molecule has 22 heavy (non-hydrogen) atoms. The first kappa shape index (κ1) is 16.3. The number of amides is 1. The first-order chi connectivity index (χ1) is 10.2. The number of carbonyl (C=O) groups excluding carboxylic acids is 1. The summed E-state index contributed by atoms with van der Waals surface area (Å²) in [6, 6.07) is 5.91. The molecule has 0 atom stereocenters. The van der Waals surface area contributed by atoms with E-state index in [0.29, 0.717) is 11.4 Å². The van der Waals surface area contributed by atoms with Crippen molar-refractivity contribution in [3.8, 4) is 0 Å². The fourth-order valence-electron chi connectivity index (χ4n) is 2.02. The Hall–Kier alpha value is -2.08. The van der Waals surface area contributed by atoms with Crippen molar-refractivity contribution in [2.24, 2.45) is 0 Å². The minimum absolute atomic E-state index is 0.0378. The van der Waals surface area contributed by atoms with Gasteiger partial charge in [-0.25, -0.2) is 0 Å². The van der Waals surface area contributed by atoms with Crippen LogP contribution >= 0.6 is 11.6 Å². The number of aryl methyl sites for hydroxylation is 2. The summed E-state index contributed by atoms with van der Waals surface area (Å²) in [5.41, 5.74) is 0.406. The lowest BCUT2D eigenvalue weighted by molar-refractivity contribution is -0.137. The summed E-state index contributed by atoms with van der Waals surface area (Å²) in [5.74, 6) is -0.602. The SMILES string of the molecule is Cc1cc(Cl)c(C(=O)Nc2cccc(C(F)(F)F)c2)c(C)n1. The first-order valence-corrected chi connectivity index (χ1v) is 6.68. The minimum atomic E-state index is -4.47. The molecule has 1 amide bonds. The number of anilines is 1. The molecule has 0 bridgehead atoms. The van der Waals surface area contributed by atoms with E-state index in [2.05, 4.69) is 10.3 Å². The zero-order valence-electron chi connectivity index (χ0n) is 11.8. The van der Waals surface area contributed by atoms with Crippen molar-refractivity contribution in [1.29, 1.82) is 0 Å². The molecule has 7 heteroatoms. The second-order valence-corrected chi connectivity index (χ2v) is 5.15. The van der Waals surface area contributed by atoms with Gasteiger partial charge in [0.1, 0.15) is 0 Å². The molecule has 116 valence electrons. The van der Waals surface area contributed by atoms with E-state index in [9.17, 15) is 18.0 Å². The average molecular weight is 329 g/mol. The van der Waals surface area contributed by atoms with Crippen LogP contribution in [0.15, 0.2) is 30.3 Å². The predicted molar refractivity (Wildman–Crippen MR) is 78.1 cm³/mol.